The fourth-order valence-corrected chi connectivity index (χ4v) is 3.26. The molecule has 0 unspecified atom stereocenters. The van der Waals surface area contributed by atoms with Crippen molar-refractivity contribution in [3.63, 3.8) is 0 Å². The molecule has 0 fully saturated rings. The molecule has 1 amide bonds. The Hall–Kier alpha value is -1.32. The van der Waals surface area contributed by atoms with E-state index in [1.807, 2.05) is 12.2 Å². The number of carbonyl (C=O) groups excluding carboxylic acids is 2. The second kappa shape index (κ2) is 13.0. The third kappa shape index (κ3) is 8.51. The van der Waals surface area contributed by atoms with E-state index >= 15 is 0 Å². The van der Waals surface area contributed by atoms with Gasteiger partial charge in [-0.15, -0.1) is 0 Å². The van der Waals surface area contributed by atoms with Gasteiger partial charge in [0, 0.05) is 0 Å². The van der Waals surface area contributed by atoms with Crippen LogP contribution < -0.4 is 5.73 Å². The topological polar surface area (TPSA) is 69.4 Å². The molecule has 0 heterocycles. The first kappa shape index (κ1) is 20.7. The highest BCUT2D eigenvalue weighted by Crippen LogP contribution is 2.26. The second-order valence-corrected chi connectivity index (χ2v) is 6.91. The largest absolute Gasteiger partial charge is 0.465 e. The van der Waals surface area contributed by atoms with Crippen LogP contribution in [0.5, 0.6) is 0 Å². The molecule has 24 heavy (non-hydrogen) atoms. The summed E-state index contributed by atoms with van der Waals surface area (Å²) < 4.78 is 5.35. The summed E-state index contributed by atoms with van der Waals surface area (Å²) in [6.45, 7) is 2.70. The highest BCUT2D eigenvalue weighted by atomic mass is 16.5. The first-order valence-electron chi connectivity index (χ1n) is 9.77. The van der Waals surface area contributed by atoms with Gasteiger partial charge in [0.25, 0.3) is 0 Å². The Morgan fingerprint density at radius 3 is 1.92 bits per heavy atom. The fourth-order valence-electron chi connectivity index (χ4n) is 3.26. The average molecular weight is 338 g/mol. The van der Waals surface area contributed by atoms with Gasteiger partial charge < -0.3 is 10.5 Å². The number of rotatable bonds is 13. The molecule has 1 aliphatic carbocycles. The van der Waals surface area contributed by atoms with Crippen molar-refractivity contribution < 1.29 is 14.3 Å². The molecule has 4 nitrogen and oxygen atoms in total. The van der Waals surface area contributed by atoms with Crippen molar-refractivity contribution >= 4 is 11.9 Å². The van der Waals surface area contributed by atoms with Gasteiger partial charge in [0.1, 0.15) is 0 Å². The maximum absolute atomic E-state index is 12.1. The number of hydrogen-bond acceptors (Lipinski definition) is 3. The molecule has 0 saturated heterocycles. The molecule has 0 aliphatic heterocycles. The summed E-state index contributed by atoms with van der Waals surface area (Å²) in [5.74, 6) is -1.47. The minimum absolute atomic E-state index is 0.265. The molecule has 0 saturated carbocycles. The van der Waals surface area contributed by atoms with Gasteiger partial charge in [0.15, 0.2) is 0 Å². The Kier molecular flexibility index (Phi) is 11.2. The van der Waals surface area contributed by atoms with E-state index in [4.69, 9.17) is 10.5 Å². The predicted molar refractivity (Wildman–Crippen MR) is 97.4 cm³/mol. The lowest BCUT2D eigenvalue weighted by Gasteiger charge is -2.24. The molecule has 138 valence electrons. The molecule has 1 aliphatic rings. The van der Waals surface area contributed by atoms with E-state index in [0.29, 0.717) is 19.4 Å². The molecule has 0 aromatic carbocycles. The van der Waals surface area contributed by atoms with Gasteiger partial charge >= 0.3 is 5.97 Å². The Balaban J connectivity index is 2.01. The highest BCUT2D eigenvalue weighted by molar-refractivity contribution is 5.84. The number of nitrogens with two attached hydrogens (primary N) is 1. The number of hydrogen-bond donors (Lipinski definition) is 1. The summed E-state index contributed by atoms with van der Waals surface area (Å²) in [5.41, 5.74) is 5.38. The average Bonchev–Trinajstić information content (AvgIpc) is 2.59. The van der Waals surface area contributed by atoms with E-state index in [1.54, 1.807) is 0 Å². The number of allylic oxidation sites excluding steroid dienone is 2. The van der Waals surface area contributed by atoms with Crippen molar-refractivity contribution in [2.75, 3.05) is 6.61 Å². The van der Waals surface area contributed by atoms with Crippen molar-refractivity contribution in [1.82, 2.24) is 0 Å². The summed E-state index contributed by atoms with van der Waals surface area (Å²) in [7, 11) is 0. The maximum atomic E-state index is 12.1. The smallest absolute Gasteiger partial charge is 0.310 e. The van der Waals surface area contributed by atoms with Crippen LogP contribution in [0, 0.1) is 11.8 Å². The third-order valence-electron chi connectivity index (χ3n) is 4.84. The molecule has 0 spiro atoms. The lowest BCUT2D eigenvalue weighted by molar-refractivity contribution is -0.153. The molecule has 4 heteroatoms. The van der Waals surface area contributed by atoms with E-state index < -0.39 is 17.7 Å². The summed E-state index contributed by atoms with van der Waals surface area (Å²) in [4.78, 5) is 23.5. The number of carbonyl (C=O) groups is 2. The minimum atomic E-state index is -0.407. The monoisotopic (exact) mass is 337 g/mol. The zero-order chi connectivity index (χ0) is 17.6. The molecule has 1 rings (SSSR count). The first-order chi connectivity index (χ1) is 11.7. The van der Waals surface area contributed by atoms with Crippen LogP contribution in [0.2, 0.25) is 0 Å². The van der Waals surface area contributed by atoms with Crippen molar-refractivity contribution in [1.29, 1.82) is 0 Å². The van der Waals surface area contributed by atoms with Crippen LogP contribution in [0.1, 0.15) is 84.0 Å². The molecule has 0 aromatic heterocycles. The van der Waals surface area contributed by atoms with Gasteiger partial charge in [-0.1, -0.05) is 76.9 Å². The minimum Gasteiger partial charge on any atom is -0.465 e. The zero-order valence-corrected chi connectivity index (χ0v) is 15.3. The van der Waals surface area contributed by atoms with Crippen LogP contribution in [-0.2, 0) is 14.3 Å². The summed E-state index contributed by atoms with van der Waals surface area (Å²) in [6, 6.07) is 0. The van der Waals surface area contributed by atoms with Gasteiger partial charge in [0.2, 0.25) is 5.91 Å². The first-order valence-corrected chi connectivity index (χ1v) is 9.77. The fraction of sp³-hybridized carbons (Fsp3) is 0.800. The number of amides is 1. The van der Waals surface area contributed by atoms with Crippen LogP contribution in [0.15, 0.2) is 12.2 Å². The van der Waals surface area contributed by atoms with Crippen LogP contribution in [-0.4, -0.2) is 18.5 Å². The van der Waals surface area contributed by atoms with Crippen molar-refractivity contribution in [3.05, 3.63) is 12.2 Å². The van der Waals surface area contributed by atoms with Crippen LogP contribution in [0.3, 0.4) is 0 Å². The van der Waals surface area contributed by atoms with Crippen molar-refractivity contribution in [2.24, 2.45) is 17.6 Å². The molecule has 0 bridgehead atoms. The molecular weight excluding hydrogens is 302 g/mol. The van der Waals surface area contributed by atoms with Crippen LogP contribution in [0.25, 0.3) is 0 Å². The van der Waals surface area contributed by atoms with Gasteiger partial charge in [-0.3, -0.25) is 9.59 Å². The Labute approximate surface area is 147 Å². The quantitative estimate of drug-likeness (QED) is 0.305. The van der Waals surface area contributed by atoms with Gasteiger partial charge in [-0.25, -0.2) is 0 Å². The lowest BCUT2D eigenvalue weighted by atomic mass is 9.82. The van der Waals surface area contributed by atoms with Crippen LogP contribution >= 0.6 is 0 Å². The van der Waals surface area contributed by atoms with Gasteiger partial charge in [-0.2, -0.15) is 0 Å². The van der Waals surface area contributed by atoms with E-state index in [9.17, 15) is 9.59 Å². The third-order valence-corrected chi connectivity index (χ3v) is 4.84. The molecule has 0 aromatic rings. The van der Waals surface area contributed by atoms with Gasteiger partial charge in [-0.05, 0) is 19.3 Å². The number of unbranched alkanes of at least 4 members (excludes halogenated alkanes) is 9. The normalized spacial score (nSPS) is 20.0. The molecule has 2 atom stereocenters. The van der Waals surface area contributed by atoms with Crippen molar-refractivity contribution in [2.45, 2.75) is 84.0 Å². The number of esters is 1. The Morgan fingerprint density at radius 1 is 0.875 bits per heavy atom. The predicted octanol–water partition coefficient (Wildman–Crippen LogP) is 4.52. The number of primary amides is 1. The molecule has 0 radical (unpaired) electrons. The molecule has 2 N–H and O–H groups in total. The summed E-state index contributed by atoms with van der Waals surface area (Å²) in [5, 5.41) is 0. The second-order valence-electron chi connectivity index (χ2n) is 6.91. The SMILES string of the molecule is CCCCCCCCCCCCOC(=O)[C@@H]1CC=CC[C@@H]1C(N)=O. The van der Waals surface area contributed by atoms with E-state index in [-0.39, 0.29) is 5.97 Å². The lowest BCUT2D eigenvalue weighted by Crippen LogP contribution is -2.36. The van der Waals surface area contributed by atoms with Gasteiger partial charge in [0.05, 0.1) is 18.4 Å². The summed E-state index contributed by atoms with van der Waals surface area (Å²) in [6.07, 6.45) is 17.5. The summed E-state index contributed by atoms with van der Waals surface area (Å²) >= 11 is 0. The van der Waals surface area contributed by atoms with E-state index in [2.05, 4.69) is 6.92 Å². The molecular formula is C20H35NO3. The zero-order valence-electron chi connectivity index (χ0n) is 15.3. The van der Waals surface area contributed by atoms with E-state index in [0.717, 1.165) is 12.8 Å². The van der Waals surface area contributed by atoms with Crippen LogP contribution in [0.4, 0.5) is 0 Å². The number of ether oxygens (including phenoxy) is 1. The highest BCUT2D eigenvalue weighted by Gasteiger charge is 2.33. The maximum Gasteiger partial charge on any atom is 0.310 e. The Bertz CT molecular complexity index is 392. The standard InChI is InChI=1S/C20H35NO3/c1-2-3-4-5-6-7-8-9-10-13-16-24-20(23)18-15-12-11-14-17(18)19(21)22/h11-12,17-18H,2-10,13-16H2,1H3,(H2,21,22)/t17-,18+/m0/s1. The van der Waals surface area contributed by atoms with E-state index in [1.165, 1.54) is 51.4 Å². The van der Waals surface area contributed by atoms with Crippen molar-refractivity contribution in [3.8, 4) is 0 Å². The Morgan fingerprint density at radius 2 is 1.38 bits per heavy atom.